The lowest BCUT2D eigenvalue weighted by Gasteiger charge is -2.18. The van der Waals surface area contributed by atoms with E-state index in [2.05, 4.69) is 12.1 Å². The van der Waals surface area contributed by atoms with Crippen molar-refractivity contribution in [2.75, 3.05) is 19.7 Å². The molecule has 4 heteroatoms. The molecule has 1 aliphatic rings. The molecule has 2 rings (SSSR count). The number of carbonyl (C=O) groups excluding carboxylic acids is 2. The Kier molecular flexibility index (Phi) is 3.97. The molecule has 0 atom stereocenters. The van der Waals surface area contributed by atoms with Gasteiger partial charge in [0.25, 0.3) is 0 Å². The lowest BCUT2D eigenvalue weighted by atomic mass is 10.0. The SMILES string of the molecule is CCOC(=O)C(=O)N1CCc2ccccc2CC1. The molecule has 4 nitrogen and oxygen atoms in total. The molecule has 0 N–H and O–H groups in total. The van der Waals surface area contributed by atoms with Crippen molar-refractivity contribution in [1.29, 1.82) is 0 Å². The number of benzene rings is 1. The number of carbonyl (C=O) groups is 2. The molecule has 0 fully saturated rings. The average molecular weight is 247 g/mol. The van der Waals surface area contributed by atoms with Crippen LogP contribution in [0, 0.1) is 0 Å². The zero-order valence-electron chi connectivity index (χ0n) is 10.5. The summed E-state index contributed by atoms with van der Waals surface area (Å²) in [4.78, 5) is 24.8. The van der Waals surface area contributed by atoms with Gasteiger partial charge in [-0.2, -0.15) is 0 Å². The average Bonchev–Trinajstić information content (AvgIpc) is 2.60. The molecule has 1 amide bonds. The van der Waals surface area contributed by atoms with Crippen molar-refractivity contribution >= 4 is 11.9 Å². The molecule has 0 radical (unpaired) electrons. The van der Waals surface area contributed by atoms with Gasteiger partial charge in [-0.25, -0.2) is 4.79 Å². The molecule has 0 unspecified atom stereocenters. The lowest BCUT2D eigenvalue weighted by Crippen LogP contribution is -2.39. The third-order valence-corrected chi connectivity index (χ3v) is 3.16. The third kappa shape index (κ3) is 2.70. The zero-order chi connectivity index (χ0) is 13.0. The highest BCUT2D eigenvalue weighted by molar-refractivity contribution is 6.32. The van der Waals surface area contributed by atoms with E-state index in [1.807, 2.05) is 12.1 Å². The van der Waals surface area contributed by atoms with Gasteiger partial charge in [0.2, 0.25) is 0 Å². The van der Waals surface area contributed by atoms with Crippen LogP contribution in [0.2, 0.25) is 0 Å². The van der Waals surface area contributed by atoms with Crippen LogP contribution < -0.4 is 0 Å². The second-order valence-corrected chi connectivity index (χ2v) is 4.28. The van der Waals surface area contributed by atoms with Gasteiger partial charge in [-0.3, -0.25) is 4.79 Å². The van der Waals surface area contributed by atoms with Crippen LogP contribution in [0.3, 0.4) is 0 Å². The van der Waals surface area contributed by atoms with Crippen molar-refractivity contribution in [3.63, 3.8) is 0 Å². The van der Waals surface area contributed by atoms with E-state index in [1.165, 1.54) is 11.1 Å². The van der Waals surface area contributed by atoms with Gasteiger partial charge in [-0.1, -0.05) is 24.3 Å². The molecular formula is C14H17NO3. The Morgan fingerprint density at radius 2 is 1.72 bits per heavy atom. The monoisotopic (exact) mass is 247 g/mol. The highest BCUT2D eigenvalue weighted by atomic mass is 16.5. The summed E-state index contributed by atoms with van der Waals surface area (Å²) < 4.78 is 4.74. The fourth-order valence-corrected chi connectivity index (χ4v) is 2.19. The summed E-state index contributed by atoms with van der Waals surface area (Å²) in [7, 11) is 0. The second-order valence-electron chi connectivity index (χ2n) is 4.28. The van der Waals surface area contributed by atoms with E-state index < -0.39 is 11.9 Å². The predicted molar refractivity (Wildman–Crippen MR) is 67.1 cm³/mol. The van der Waals surface area contributed by atoms with Gasteiger partial charge < -0.3 is 9.64 Å². The summed E-state index contributed by atoms with van der Waals surface area (Å²) in [5.74, 6) is -1.27. The van der Waals surface area contributed by atoms with Gasteiger partial charge in [0.15, 0.2) is 0 Å². The van der Waals surface area contributed by atoms with Gasteiger partial charge >= 0.3 is 11.9 Å². The topological polar surface area (TPSA) is 46.6 Å². The molecule has 0 aliphatic carbocycles. The normalized spacial score (nSPS) is 14.6. The number of hydrogen-bond donors (Lipinski definition) is 0. The van der Waals surface area contributed by atoms with Crippen molar-refractivity contribution in [1.82, 2.24) is 4.90 Å². The minimum atomic E-state index is -0.747. The van der Waals surface area contributed by atoms with Gasteiger partial charge in [0.1, 0.15) is 0 Å². The Morgan fingerprint density at radius 1 is 1.17 bits per heavy atom. The molecular weight excluding hydrogens is 230 g/mol. The summed E-state index contributed by atoms with van der Waals surface area (Å²) in [6.07, 6.45) is 1.59. The van der Waals surface area contributed by atoms with Crippen molar-refractivity contribution in [2.24, 2.45) is 0 Å². The van der Waals surface area contributed by atoms with E-state index in [1.54, 1.807) is 11.8 Å². The van der Waals surface area contributed by atoms with E-state index in [9.17, 15) is 9.59 Å². The molecule has 18 heavy (non-hydrogen) atoms. The van der Waals surface area contributed by atoms with E-state index in [-0.39, 0.29) is 6.61 Å². The Hall–Kier alpha value is -1.84. The van der Waals surface area contributed by atoms with Crippen LogP contribution >= 0.6 is 0 Å². The summed E-state index contributed by atoms with van der Waals surface area (Å²) in [5.41, 5.74) is 2.52. The fourth-order valence-electron chi connectivity index (χ4n) is 2.19. The summed E-state index contributed by atoms with van der Waals surface area (Å²) >= 11 is 0. The number of fused-ring (bicyclic) bond motifs is 1. The number of ether oxygens (including phenoxy) is 1. The minimum Gasteiger partial charge on any atom is -0.459 e. The van der Waals surface area contributed by atoms with Gasteiger partial charge in [0, 0.05) is 13.1 Å². The van der Waals surface area contributed by atoms with E-state index in [4.69, 9.17) is 4.74 Å². The molecule has 0 saturated carbocycles. The molecule has 1 aromatic carbocycles. The number of hydrogen-bond acceptors (Lipinski definition) is 3. The smallest absolute Gasteiger partial charge is 0.397 e. The molecule has 1 heterocycles. The Morgan fingerprint density at radius 3 is 2.22 bits per heavy atom. The maximum Gasteiger partial charge on any atom is 0.397 e. The van der Waals surface area contributed by atoms with Crippen molar-refractivity contribution < 1.29 is 14.3 Å². The summed E-state index contributed by atoms with van der Waals surface area (Å²) in [5, 5.41) is 0. The quantitative estimate of drug-likeness (QED) is 0.553. The molecule has 1 aromatic rings. The van der Waals surface area contributed by atoms with Crippen LogP contribution in [0.5, 0.6) is 0 Å². The standard InChI is InChI=1S/C14H17NO3/c1-2-18-14(17)13(16)15-9-7-11-5-3-4-6-12(11)8-10-15/h3-6H,2,7-10H2,1H3. The summed E-state index contributed by atoms with van der Waals surface area (Å²) in [6.45, 7) is 3.09. The predicted octanol–water partition coefficient (Wildman–Crippen LogP) is 1.18. The van der Waals surface area contributed by atoms with E-state index in [0.29, 0.717) is 13.1 Å². The number of esters is 1. The highest BCUT2D eigenvalue weighted by Gasteiger charge is 2.24. The first-order valence-corrected chi connectivity index (χ1v) is 6.25. The largest absolute Gasteiger partial charge is 0.459 e. The van der Waals surface area contributed by atoms with Crippen LogP contribution in [0.15, 0.2) is 24.3 Å². The molecule has 1 aliphatic heterocycles. The van der Waals surface area contributed by atoms with Crippen LogP contribution in [-0.2, 0) is 27.2 Å². The van der Waals surface area contributed by atoms with E-state index in [0.717, 1.165) is 12.8 Å². The zero-order valence-corrected chi connectivity index (χ0v) is 10.5. The van der Waals surface area contributed by atoms with Gasteiger partial charge in [-0.15, -0.1) is 0 Å². The van der Waals surface area contributed by atoms with Crippen LogP contribution in [-0.4, -0.2) is 36.5 Å². The first-order valence-electron chi connectivity index (χ1n) is 6.25. The summed E-state index contributed by atoms with van der Waals surface area (Å²) in [6, 6.07) is 8.16. The van der Waals surface area contributed by atoms with Crippen LogP contribution in [0.1, 0.15) is 18.1 Å². The van der Waals surface area contributed by atoms with Gasteiger partial charge in [-0.05, 0) is 30.9 Å². The first-order chi connectivity index (χ1) is 8.72. The molecule has 96 valence electrons. The first kappa shape index (κ1) is 12.6. The number of amides is 1. The van der Waals surface area contributed by atoms with E-state index >= 15 is 0 Å². The second kappa shape index (κ2) is 5.67. The molecule has 0 saturated heterocycles. The van der Waals surface area contributed by atoms with Crippen molar-refractivity contribution in [3.05, 3.63) is 35.4 Å². The minimum absolute atomic E-state index is 0.235. The Balaban J connectivity index is 2.04. The fraction of sp³-hybridized carbons (Fsp3) is 0.429. The van der Waals surface area contributed by atoms with Crippen LogP contribution in [0.25, 0.3) is 0 Å². The molecule has 0 aromatic heterocycles. The Labute approximate surface area is 107 Å². The molecule has 0 bridgehead atoms. The van der Waals surface area contributed by atoms with Gasteiger partial charge in [0.05, 0.1) is 6.61 Å². The number of rotatable bonds is 1. The van der Waals surface area contributed by atoms with Crippen LogP contribution in [0.4, 0.5) is 0 Å². The third-order valence-electron chi connectivity index (χ3n) is 3.16. The number of nitrogens with zero attached hydrogens (tertiary/aromatic N) is 1. The highest BCUT2D eigenvalue weighted by Crippen LogP contribution is 2.15. The Bertz CT molecular complexity index is 429. The lowest BCUT2D eigenvalue weighted by molar-refractivity contribution is -0.159. The maximum absolute atomic E-state index is 11.8. The maximum atomic E-state index is 11.8. The molecule has 0 spiro atoms. The van der Waals surface area contributed by atoms with Crippen molar-refractivity contribution in [2.45, 2.75) is 19.8 Å². The van der Waals surface area contributed by atoms with Crippen molar-refractivity contribution in [3.8, 4) is 0 Å².